The van der Waals surface area contributed by atoms with Crippen LogP contribution in [0.1, 0.15) is 45.4 Å². The number of carboxylic acids is 1. The Morgan fingerprint density at radius 3 is 2.39 bits per heavy atom. The predicted octanol–water partition coefficient (Wildman–Crippen LogP) is 1.32. The Balaban J connectivity index is 2.12. The summed E-state index contributed by atoms with van der Waals surface area (Å²) in [6.07, 6.45) is 4.97. The maximum Gasteiger partial charge on any atom is 0.331 e. The summed E-state index contributed by atoms with van der Waals surface area (Å²) in [5, 5.41) is 12.1. The quantitative estimate of drug-likeness (QED) is 0.794. The van der Waals surface area contributed by atoms with Gasteiger partial charge in [-0.3, -0.25) is 4.79 Å². The molecule has 5 heteroatoms. The van der Waals surface area contributed by atoms with Crippen molar-refractivity contribution in [1.82, 2.24) is 5.32 Å². The molecule has 1 unspecified atom stereocenters. The molecule has 2 N–H and O–H groups in total. The number of hydrogen-bond acceptors (Lipinski definition) is 3. The highest BCUT2D eigenvalue weighted by molar-refractivity contribution is 5.90. The third-order valence-corrected chi connectivity index (χ3v) is 4.50. The van der Waals surface area contributed by atoms with E-state index >= 15 is 0 Å². The molecule has 18 heavy (non-hydrogen) atoms. The van der Waals surface area contributed by atoms with Gasteiger partial charge in [-0.25, -0.2) is 4.79 Å². The number of carbonyl (C=O) groups is 2. The monoisotopic (exact) mass is 255 g/mol. The van der Waals surface area contributed by atoms with Gasteiger partial charge in [-0.2, -0.15) is 0 Å². The molecule has 1 amide bonds. The number of carboxylic acid groups (broad SMARTS) is 1. The van der Waals surface area contributed by atoms with Gasteiger partial charge in [0, 0.05) is 18.4 Å². The Hall–Kier alpha value is -1.10. The van der Waals surface area contributed by atoms with Gasteiger partial charge in [0.15, 0.2) is 5.54 Å². The summed E-state index contributed by atoms with van der Waals surface area (Å²) in [7, 11) is 0. The largest absolute Gasteiger partial charge is 0.479 e. The van der Waals surface area contributed by atoms with E-state index in [4.69, 9.17) is 4.74 Å². The Morgan fingerprint density at radius 2 is 1.94 bits per heavy atom. The number of amides is 1. The Labute approximate surface area is 107 Å². The third-order valence-electron chi connectivity index (χ3n) is 4.50. The normalized spacial score (nSPS) is 30.3. The lowest BCUT2D eigenvalue weighted by atomic mass is 9.81. The van der Waals surface area contributed by atoms with Crippen molar-refractivity contribution in [2.45, 2.75) is 51.0 Å². The SMILES string of the molecule is CCC1(C(=O)NC2(C(=O)O)CCOC2)CCCC1. The third kappa shape index (κ3) is 2.11. The predicted molar refractivity (Wildman–Crippen MR) is 65.1 cm³/mol. The molecule has 2 fully saturated rings. The summed E-state index contributed by atoms with van der Waals surface area (Å²) < 4.78 is 5.16. The van der Waals surface area contributed by atoms with E-state index in [1.165, 1.54) is 0 Å². The molecule has 2 aliphatic rings. The molecule has 1 aliphatic heterocycles. The number of nitrogens with one attached hydrogen (secondary N) is 1. The topological polar surface area (TPSA) is 75.6 Å². The first kappa shape index (κ1) is 13.3. The smallest absolute Gasteiger partial charge is 0.331 e. The van der Waals surface area contributed by atoms with Crippen LogP contribution in [0.4, 0.5) is 0 Å². The molecule has 2 rings (SSSR count). The zero-order valence-electron chi connectivity index (χ0n) is 10.8. The highest BCUT2D eigenvalue weighted by Gasteiger charge is 2.48. The molecule has 0 aromatic rings. The van der Waals surface area contributed by atoms with Crippen molar-refractivity contribution in [3.8, 4) is 0 Å². The zero-order chi connectivity index (χ0) is 13.2. The fourth-order valence-electron chi connectivity index (χ4n) is 3.03. The lowest BCUT2D eigenvalue weighted by Gasteiger charge is -2.32. The van der Waals surface area contributed by atoms with Crippen LogP contribution in [0.15, 0.2) is 0 Å². The summed E-state index contributed by atoms with van der Waals surface area (Å²) in [6.45, 7) is 2.48. The van der Waals surface area contributed by atoms with E-state index in [1.807, 2.05) is 6.92 Å². The van der Waals surface area contributed by atoms with Crippen molar-refractivity contribution in [2.75, 3.05) is 13.2 Å². The van der Waals surface area contributed by atoms with Gasteiger partial charge in [0.2, 0.25) is 5.91 Å². The van der Waals surface area contributed by atoms with Gasteiger partial charge in [-0.15, -0.1) is 0 Å². The number of ether oxygens (including phenoxy) is 1. The van der Waals surface area contributed by atoms with Gasteiger partial charge < -0.3 is 15.2 Å². The van der Waals surface area contributed by atoms with E-state index in [0.29, 0.717) is 13.0 Å². The minimum Gasteiger partial charge on any atom is -0.479 e. The van der Waals surface area contributed by atoms with Gasteiger partial charge in [0.05, 0.1) is 6.61 Å². The van der Waals surface area contributed by atoms with Gasteiger partial charge in [0.25, 0.3) is 0 Å². The van der Waals surface area contributed by atoms with Crippen LogP contribution in [0.3, 0.4) is 0 Å². The molecular weight excluding hydrogens is 234 g/mol. The summed E-state index contributed by atoms with van der Waals surface area (Å²) in [5.41, 5.74) is -1.56. The maximum atomic E-state index is 12.4. The highest BCUT2D eigenvalue weighted by Crippen LogP contribution is 2.41. The summed E-state index contributed by atoms with van der Waals surface area (Å²) in [4.78, 5) is 23.8. The molecule has 0 aromatic heterocycles. The van der Waals surface area contributed by atoms with E-state index in [2.05, 4.69) is 5.32 Å². The van der Waals surface area contributed by atoms with Gasteiger partial charge in [0.1, 0.15) is 0 Å². The van der Waals surface area contributed by atoms with E-state index in [-0.39, 0.29) is 17.9 Å². The molecule has 0 aromatic carbocycles. The molecule has 1 aliphatic carbocycles. The van der Waals surface area contributed by atoms with Crippen molar-refractivity contribution in [2.24, 2.45) is 5.41 Å². The highest BCUT2D eigenvalue weighted by atomic mass is 16.5. The number of aliphatic carboxylic acids is 1. The summed E-state index contributed by atoms with van der Waals surface area (Å²) in [6, 6.07) is 0. The lowest BCUT2D eigenvalue weighted by molar-refractivity contribution is -0.149. The first-order chi connectivity index (χ1) is 8.55. The average molecular weight is 255 g/mol. The van der Waals surface area contributed by atoms with Crippen LogP contribution >= 0.6 is 0 Å². The van der Waals surface area contributed by atoms with E-state index in [9.17, 15) is 14.7 Å². The van der Waals surface area contributed by atoms with E-state index < -0.39 is 11.5 Å². The van der Waals surface area contributed by atoms with Crippen molar-refractivity contribution in [3.63, 3.8) is 0 Å². The van der Waals surface area contributed by atoms with Crippen molar-refractivity contribution in [3.05, 3.63) is 0 Å². The second kappa shape index (κ2) is 4.88. The second-order valence-corrected chi connectivity index (χ2v) is 5.48. The fourth-order valence-corrected chi connectivity index (χ4v) is 3.03. The van der Waals surface area contributed by atoms with Crippen LogP contribution in [0.5, 0.6) is 0 Å². The van der Waals surface area contributed by atoms with Gasteiger partial charge in [-0.05, 0) is 19.3 Å². The van der Waals surface area contributed by atoms with Crippen LogP contribution in [0.25, 0.3) is 0 Å². The van der Waals surface area contributed by atoms with Gasteiger partial charge in [-0.1, -0.05) is 19.8 Å². The Morgan fingerprint density at radius 1 is 1.28 bits per heavy atom. The molecular formula is C13H21NO4. The summed E-state index contributed by atoms with van der Waals surface area (Å²) >= 11 is 0. The number of carbonyl (C=O) groups excluding carboxylic acids is 1. The first-order valence-electron chi connectivity index (χ1n) is 6.68. The second-order valence-electron chi connectivity index (χ2n) is 5.48. The standard InChI is InChI=1S/C13H21NO4/c1-2-12(5-3-4-6-12)10(15)14-13(11(16)17)7-8-18-9-13/h2-9H2,1H3,(H,14,15)(H,16,17). The zero-order valence-corrected chi connectivity index (χ0v) is 10.8. The van der Waals surface area contributed by atoms with Gasteiger partial charge >= 0.3 is 5.97 Å². The average Bonchev–Trinajstić information content (AvgIpc) is 2.98. The molecule has 102 valence electrons. The lowest BCUT2D eigenvalue weighted by Crippen LogP contribution is -2.58. The van der Waals surface area contributed by atoms with Crippen molar-refractivity contribution < 1.29 is 19.4 Å². The molecule has 0 radical (unpaired) electrons. The molecule has 1 saturated carbocycles. The fraction of sp³-hybridized carbons (Fsp3) is 0.846. The van der Waals surface area contributed by atoms with Crippen LogP contribution < -0.4 is 5.32 Å². The Kier molecular flexibility index (Phi) is 3.61. The number of hydrogen-bond donors (Lipinski definition) is 2. The molecule has 5 nitrogen and oxygen atoms in total. The number of rotatable bonds is 4. The van der Waals surface area contributed by atoms with Crippen LogP contribution in [0.2, 0.25) is 0 Å². The first-order valence-corrected chi connectivity index (χ1v) is 6.68. The van der Waals surface area contributed by atoms with E-state index in [1.54, 1.807) is 0 Å². The van der Waals surface area contributed by atoms with Crippen molar-refractivity contribution in [1.29, 1.82) is 0 Å². The molecule has 0 spiro atoms. The van der Waals surface area contributed by atoms with E-state index in [0.717, 1.165) is 32.1 Å². The van der Waals surface area contributed by atoms with Crippen LogP contribution in [-0.4, -0.2) is 35.7 Å². The molecule has 1 heterocycles. The van der Waals surface area contributed by atoms with Crippen molar-refractivity contribution >= 4 is 11.9 Å². The summed E-state index contributed by atoms with van der Waals surface area (Å²) in [5.74, 6) is -1.09. The minimum absolute atomic E-state index is 0.0772. The maximum absolute atomic E-state index is 12.4. The molecule has 0 bridgehead atoms. The minimum atomic E-state index is -1.21. The molecule has 1 atom stereocenters. The van der Waals surface area contributed by atoms with Crippen LogP contribution in [-0.2, 0) is 14.3 Å². The molecule has 1 saturated heterocycles. The van der Waals surface area contributed by atoms with Crippen LogP contribution in [0, 0.1) is 5.41 Å². The Bertz CT molecular complexity index is 341.